The lowest BCUT2D eigenvalue weighted by atomic mass is 10.2. The van der Waals surface area contributed by atoms with E-state index >= 15 is 0 Å². The molecule has 7 nitrogen and oxygen atoms in total. The maximum absolute atomic E-state index is 11.2. The Morgan fingerprint density at radius 1 is 1.25 bits per heavy atom. The van der Waals surface area contributed by atoms with Crippen LogP contribution in [0.5, 0.6) is 0 Å². The Hall–Kier alpha value is -1.79. The fraction of sp³-hybridized carbons (Fsp3) is 0.667. The fourth-order valence-corrected chi connectivity index (χ4v) is 1.14. The minimum Gasteiger partial charge on any atom is -0.481 e. The highest BCUT2D eigenvalue weighted by atomic mass is 16.4. The molecular weight excluding hydrogens is 216 g/mol. The first-order valence-corrected chi connectivity index (χ1v) is 4.98. The second kappa shape index (κ2) is 5.34. The largest absolute Gasteiger partial charge is 0.481 e. The van der Waals surface area contributed by atoms with E-state index in [2.05, 4.69) is 10.6 Å². The first-order valence-electron chi connectivity index (χ1n) is 4.98. The van der Waals surface area contributed by atoms with E-state index in [4.69, 9.17) is 10.2 Å². The molecule has 0 spiro atoms. The molecule has 0 aliphatic heterocycles. The molecule has 0 saturated heterocycles. The van der Waals surface area contributed by atoms with Crippen LogP contribution in [-0.4, -0.2) is 40.8 Å². The second-order valence-corrected chi connectivity index (χ2v) is 3.79. The molecule has 0 aromatic rings. The van der Waals surface area contributed by atoms with Gasteiger partial charge in [0.2, 0.25) is 0 Å². The monoisotopic (exact) mass is 230 g/mol. The first kappa shape index (κ1) is 12.3. The van der Waals surface area contributed by atoms with Crippen LogP contribution in [0.2, 0.25) is 0 Å². The number of hydrogen-bond acceptors (Lipinski definition) is 3. The van der Waals surface area contributed by atoms with E-state index in [1.807, 2.05) is 0 Å². The molecule has 1 atom stereocenters. The third-order valence-electron chi connectivity index (χ3n) is 2.23. The Morgan fingerprint density at radius 3 is 2.31 bits per heavy atom. The zero-order valence-electron chi connectivity index (χ0n) is 8.60. The van der Waals surface area contributed by atoms with E-state index in [1.54, 1.807) is 0 Å². The molecule has 1 saturated carbocycles. The maximum Gasteiger partial charge on any atom is 0.326 e. The summed E-state index contributed by atoms with van der Waals surface area (Å²) in [6, 6.07) is -2.03. The van der Waals surface area contributed by atoms with Crippen LogP contribution < -0.4 is 10.6 Å². The summed E-state index contributed by atoms with van der Waals surface area (Å²) >= 11 is 0. The molecular formula is C9H14N2O5. The van der Waals surface area contributed by atoms with E-state index in [0.29, 0.717) is 12.5 Å². The summed E-state index contributed by atoms with van der Waals surface area (Å²) in [6.45, 7) is 0.505. The quantitative estimate of drug-likeness (QED) is 0.496. The Labute approximate surface area is 91.8 Å². The van der Waals surface area contributed by atoms with Crippen molar-refractivity contribution in [1.29, 1.82) is 0 Å². The Bertz CT molecular complexity index is 300. The number of carbonyl (C=O) groups excluding carboxylic acids is 1. The molecule has 4 N–H and O–H groups in total. The molecule has 2 amide bonds. The van der Waals surface area contributed by atoms with Crippen molar-refractivity contribution >= 4 is 18.0 Å². The van der Waals surface area contributed by atoms with Crippen LogP contribution >= 0.6 is 0 Å². The van der Waals surface area contributed by atoms with E-state index in [-0.39, 0.29) is 0 Å². The molecule has 0 bridgehead atoms. The zero-order chi connectivity index (χ0) is 12.1. The number of hydrogen-bond donors (Lipinski definition) is 4. The maximum atomic E-state index is 11.2. The summed E-state index contributed by atoms with van der Waals surface area (Å²) in [5, 5.41) is 21.7. The first-order chi connectivity index (χ1) is 7.49. The Morgan fingerprint density at radius 2 is 1.88 bits per heavy atom. The molecule has 7 heteroatoms. The summed E-state index contributed by atoms with van der Waals surface area (Å²) in [4.78, 5) is 32.1. The van der Waals surface area contributed by atoms with Gasteiger partial charge in [-0.1, -0.05) is 0 Å². The van der Waals surface area contributed by atoms with E-state index in [9.17, 15) is 14.4 Å². The van der Waals surface area contributed by atoms with Gasteiger partial charge in [0, 0.05) is 6.54 Å². The van der Waals surface area contributed by atoms with Crippen LogP contribution in [-0.2, 0) is 9.59 Å². The van der Waals surface area contributed by atoms with Crippen molar-refractivity contribution in [3.63, 3.8) is 0 Å². The van der Waals surface area contributed by atoms with Gasteiger partial charge >= 0.3 is 18.0 Å². The molecule has 0 aromatic carbocycles. The normalized spacial score (nSPS) is 16.2. The van der Waals surface area contributed by atoms with Crippen molar-refractivity contribution in [2.45, 2.75) is 25.3 Å². The number of carbonyl (C=O) groups is 3. The van der Waals surface area contributed by atoms with Crippen LogP contribution in [0.25, 0.3) is 0 Å². The van der Waals surface area contributed by atoms with Crippen molar-refractivity contribution < 1.29 is 24.6 Å². The highest BCUT2D eigenvalue weighted by Gasteiger charge is 2.25. The predicted octanol–water partition coefficient (Wildman–Crippen LogP) is -0.377. The number of nitrogens with one attached hydrogen (secondary N) is 2. The Kier molecular flexibility index (Phi) is 4.10. The SMILES string of the molecule is O=C(O)CC(NC(=O)NCC1CC1)C(=O)O. The lowest BCUT2D eigenvalue weighted by Crippen LogP contribution is -2.47. The molecule has 90 valence electrons. The Balaban J connectivity index is 2.30. The number of aliphatic carboxylic acids is 2. The van der Waals surface area contributed by atoms with Gasteiger partial charge in [-0.3, -0.25) is 4.79 Å². The van der Waals surface area contributed by atoms with E-state index in [1.165, 1.54) is 0 Å². The summed E-state index contributed by atoms with van der Waals surface area (Å²) in [5.74, 6) is -2.15. The van der Waals surface area contributed by atoms with Crippen LogP contribution in [0.3, 0.4) is 0 Å². The fourth-order valence-electron chi connectivity index (χ4n) is 1.14. The number of rotatable bonds is 6. The van der Waals surface area contributed by atoms with Gasteiger partial charge in [0.25, 0.3) is 0 Å². The number of carboxylic acid groups (broad SMARTS) is 2. The molecule has 16 heavy (non-hydrogen) atoms. The van der Waals surface area contributed by atoms with Crippen LogP contribution in [0, 0.1) is 5.92 Å². The standard InChI is InChI=1S/C9H14N2O5/c12-7(13)3-6(8(14)15)11-9(16)10-4-5-1-2-5/h5-6H,1-4H2,(H,12,13)(H,14,15)(H2,10,11,16). The van der Waals surface area contributed by atoms with Crippen LogP contribution in [0.1, 0.15) is 19.3 Å². The van der Waals surface area contributed by atoms with Crippen molar-refractivity contribution in [3.8, 4) is 0 Å². The minimum absolute atomic E-state index is 0.480. The van der Waals surface area contributed by atoms with Gasteiger partial charge in [-0.15, -0.1) is 0 Å². The van der Waals surface area contributed by atoms with Gasteiger partial charge in [0.1, 0.15) is 6.04 Å². The minimum atomic E-state index is -1.39. The van der Waals surface area contributed by atoms with Gasteiger partial charge in [0.15, 0.2) is 0 Å². The predicted molar refractivity (Wildman–Crippen MR) is 52.9 cm³/mol. The molecule has 0 heterocycles. The zero-order valence-corrected chi connectivity index (χ0v) is 8.60. The molecule has 1 aliphatic carbocycles. The third-order valence-corrected chi connectivity index (χ3v) is 2.23. The van der Waals surface area contributed by atoms with Crippen molar-refractivity contribution in [1.82, 2.24) is 10.6 Å². The van der Waals surface area contributed by atoms with E-state index in [0.717, 1.165) is 12.8 Å². The summed E-state index contributed by atoms with van der Waals surface area (Å²) in [6.07, 6.45) is 1.50. The van der Waals surface area contributed by atoms with Gasteiger partial charge in [-0.25, -0.2) is 9.59 Å². The van der Waals surface area contributed by atoms with Crippen molar-refractivity contribution in [2.75, 3.05) is 6.54 Å². The topological polar surface area (TPSA) is 116 Å². The van der Waals surface area contributed by atoms with Gasteiger partial charge in [-0.2, -0.15) is 0 Å². The number of amides is 2. The van der Waals surface area contributed by atoms with E-state index < -0.39 is 30.4 Å². The molecule has 1 aliphatic rings. The average Bonchev–Trinajstić information content (AvgIpc) is 2.96. The van der Waals surface area contributed by atoms with Crippen molar-refractivity contribution in [3.05, 3.63) is 0 Å². The second-order valence-electron chi connectivity index (χ2n) is 3.79. The number of urea groups is 1. The average molecular weight is 230 g/mol. The molecule has 1 rings (SSSR count). The number of carboxylic acids is 2. The molecule has 1 unspecified atom stereocenters. The summed E-state index contributed by atoms with van der Waals surface area (Å²) in [7, 11) is 0. The lowest BCUT2D eigenvalue weighted by Gasteiger charge is -2.12. The van der Waals surface area contributed by atoms with Crippen LogP contribution in [0.15, 0.2) is 0 Å². The molecule has 0 radical (unpaired) electrons. The highest BCUT2D eigenvalue weighted by molar-refractivity contribution is 5.86. The van der Waals surface area contributed by atoms with Gasteiger partial charge < -0.3 is 20.8 Å². The van der Waals surface area contributed by atoms with Crippen LogP contribution in [0.4, 0.5) is 4.79 Å². The van der Waals surface area contributed by atoms with Gasteiger partial charge in [-0.05, 0) is 18.8 Å². The smallest absolute Gasteiger partial charge is 0.326 e. The summed E-state index contributed by atoms with van der Waals surface area (Å²) < 4.78 is 0. The lowest BCUT2D eigenvalue weighted by molar-refractivity contribution is -0.145. The summed E-state index contributed by atoms with van der Waals surface area (Å²) in [5.41, 5.74) is 0. The van der Waals surface area contributed by atoms with Crippen molar-refractivity contribution in [2.24, 2.45) is 5.92 Å². The molecule has 1 fully saturated rings. The molecule has 0 aromatic heterocycles. The van der Waals surface area contributed by atoms with Gasteiger partial charge in [0.05, 0.1) is 6.42 Å². The highest BCUT2D eigenvalue weighted by Crippen LogP contribution is 2.27. The third kappa shape index (κ3) is 4.63.